The van der Waals surface area contributed by atoms with Gasteiger partial charge in [0.1, 0.15) is 0 Å². The molecule has 3 rings (SSSR count). The number of ketones is 1. The van der Waals surface area contributed by atoms with Gasteiger partial charge in [-0.25, -0.2) is 0 Å². The first-order chi connectivity index (χ1) is 10.3. The second-order valence-electron chi connectivity index (χ2n) is 4.71. The maximum absolute atomic E-state index is 12.3. The number of Topliss-reactive ketones (excluding diaryl/α,β-unsaturated/α-hetero) is 1. The van der Waals surface area contributed by atoms with E-state index in [2.05, 4.69) is 10.3 Å². The molecule has 1 aromatic heterocycles. The zero-order valence-corrected chi connectivity index (χ0v) is 12.2. The molecule has 0 unspecified atom stereocenters. The first-order valence-corrected chi connectivity index (χ1v) is 7.71. The number of hydrogen-bond donors (Lipinski definition) is 1. The molecule has 106 valence electrons. The highest BCUT2D eigenvalue weighted by Crippen LogP contribution is 2.32. The number of aromatic nitrogens is 1. The van der Waals surface area contributed by atoms with Crippen molar-refractivity contribution in [1.29, 1.82) is 0 Å². The molecule has 1 aliphatic heterocycles. The van der Waals surface area contributed by atoms with Crippen LogP contribution in [0.15, 0.2) is 47.5 Å². The molecule has 0 bridgehead atoms. The average Bonchev–Trinajstić information content (AvgIpc) is 2.53. The second kappa shape index (κ2) is 6.10. The number of hydrogen-bond acceptors (Lipinski definition) is 4. The third-order valence-electron chi connectivity index (χ3n) is 3.29. The molecular formula is C16H14N2O2S. The molecule has 0 aliphatic carbocycles. The SMILES string of the molecule is O=C1CCSc2c1cccc2C(=O)NCc1ccccn1. The lowest BCUT2D eigenvalue weighted by Gasteiger charge is -2.17. The van der Waals surface area contributed by atoms with Gasteiger partial charge in [-0.15, -0.1) is 11.8 Å². The Hall–Kier alpha value is -2.14. The molecule has 1 aliphatic rings. The van der Waals surface area contributed by atoms with E-state index in [0.717, 1.165) is 16.3 Å². The molecule has 21 heavy (non-hydrogen) atoms. The van der Waals surface area contributed by atoms with Gasteiger partial charge in [0, 0.05) is 28.8 Å². The third-order valence-corrected chi connectivity index (χ3v) is 4.43. The first-order valence-electron chi connectivity index (χ1n) is 6.73. The van der Waals surface area contributed by atoms with Crippen molar-refractivity contribution in [2.75, 3.05) is 5.75 Å². The Bertz CT molecular complexity index is 686. The lowest BCUT2D eigenvalue weighted by molar-refractivity contribution is 0.0947. The van der Waals surface area contributed by atoms with Crippen LogP contribution in [0.2, 0.25) is 0 Å². The molecule has 0 atom stereocenters. The minimum absolute atomic E-state index is 0.114. The van der Waals surface area contributed by atoms with Crippen molar-refractivity contribution in [2.45, 2.75) is 17.9 Å². The molecule has 1 amide bonds. The van der Waals surface area contributed by atoms with Gasteiger partial charge in [0.05, 0.1) is 17.8 Å². The molecule has 2 aromatic rings. The minimum atomic E-state index is -0.167. The molecule has 1 aromatic carbocycles. The number of carbonyl (C=O) groups excluding carboxylic acids is 2. The summed E-state index contributed by atoms with van der Waals surface area (Å²) in [5.41, 5.74) is 2.04. The Balaban J connectivity index is 1.79. The van der Waals surface area contributed by atoms with Gasteiger partial charge in [-0.1, -0.05) is 18.2 Å². The topological polar surface area (TPSA) is 59.1 Å². The number of benzene rings is 1. The zero-order valence-electron chi connectivity index (χ0n) is 11.3. The van der Waals surface area contributed by atoms with Gasteiger partial charge in [-0.05, 0) is 18.2 Å². The summed E-state index contributed by atoms with van der Waals surface area (Å²) in [6.07, 6.45) is 2.23. The van der Waals surface area contributed by atoms with Crippen LogP contribution in [0.3, 0.4) is 0 Å². The molecule has 0 fully saturated rings. The van der Waals surface area contributed by atoms with Crippen LogP contribution < -0.4 is 5.32 Å². The second-order valence-corrected chi connectivity index (χ2v) is 5.81. The summed E-state index contributed by atoms with van der Waals surface area (Å²) in [6.45, 7) is 0.377. The zero-order chi connectivity index (χ0) is 14.7. The van der Waals surface area contributed by atoms with Crippen molar-refractivity contribution in [3.05, 3.63) is 59.4 Å². The van der Waals surface area contributed by atoms with E-state index in [9.17, 15) is 9.59 Å². The van der Waals surface area contributed by atoms with E-state index >= 15 is 0 Å². The van der Waals surface area contributed by atoms with Crippen LogP contribution in [0, 0.1) is 0 Å². The Kier molecular flexibility index (Phi) is 4.01. The van der Waals surface area contributed by atoms with Crippen molar-refractivity contribution in [1.82, 2.24) is 10.3 Å². The maximum atomic E-state index is 12.3. The molecule has 0 spiro atoms. The van der Waals surface area contributed by atoms with Crippen LogP contribution >= 0.6 is 11.8 Å². The summed E-state index contributed by atoms with van der Waals surface area (Å²) in [5, 5.41) is 2.85. The van der Waals surface area contributed by atoms with Crippen LogP contribution in [0.4, 0.5) is 0 Å². The molecule has 0 radical (unpaired) electrons. The average molecular weight is 298 g/mol. The molecular weight excluding hydrogens is 284 g/mol. The van der Waals surface area contributed by atoms with Gasteiger partial charge >= 0.3 is 0 Å². The molecule has 0 saturated carbocycles. The van der Waals surface area contributed by atoms with Gasteiger partial charge < -0.3 is 5.32 Å². The standard InChI is InChI=1S/C16H14N2O2S/c19-14-7-9-21-15-12(14)5-3-6-13(15)16(20)18-10-11-4-1-2-8-17-11/h1-6,8H,7,9-10H2,(H,18,20). The Morgan fingerprint density at radius 2 is 2.14 bits per heavy atom. The van der Waals surface area contributed by atoms with E-state index in [1.165, 1.54) is 0 Å². The van der Waals surface area contributed by atoms with Crippen LogP contribution in [-0.4, -0.2) is 22.4 Å². The summed E-state index contributed by atoms with van der Waals surface area (Å²) in [5.74, 6) is 0.680. The predicted octanol–water partition coefficient (Wildman–Crippen LogP) is 2.69. The van der Waals surface area contributed by atoms with Crippen LogP contribution in [0.5, 0.6) is 0 Å². The maximum Gasteiger partial charge on any atom is 0.252 e. The fraction of sp³-hybridized carbons (Fsp3) is 0.188. The van der Waals surface area contributed by atoms with Gasteiger partial charge in [0.15, 0.2) is 5.78 Å². The van der Waals surface area contributed by atoms with Crippen molar-refractivity contribution < 1.29 is 9.59 Å². The highest BCUT2D eigenvalue weighted by atomic mass is 32.2. The number of nitrogens with one attached hydrogen (secondary N) is 1. The fourth-order valence-electron chi connectivity index (χ4n) is 2.24. The number of thioether (sulfide) groups is 1. The van der Waals surface area contributed by atoms with E-state index < -0.39 is 0 Å². The number of rotatable bonds is 3. The van der Waals surface area contributed by atoms with E-state index in [1.54, 1.807) is 36.2 Å². The number of fused-ring (bicyclic) bond motifs is 1. The summed E-state index contributed by atoms with van der Waals surface area (Å²) in [4.78, 5) is 29.2. The normalized spacial score (nSPS) is 13.6. The quantitative estimate of drug-likeness (QED) is 0.946. The Morgan fingerprint density at radius 1 is 1.24 bits per heavy atom. The predicted molar refractivity (Wildman–Crippen MR) is 81.5 cm³/mol. The van der Waals surface area contributed by atoms with Crippen molar-refractivity contribution >= 4 is 23.5 Å². The van der Waals surface area contributed by atoms with Crippen LogP contribution in [-0.2, 0) is 6.54 Å². The summed E-state index contributed by atoms with van der Waals surface area (Å²) in [6, 6.07) is 10.9. The van der Waals surface area contributed by atoms with Crippen LogP contribution in [0.25, 0.3) is 0 Å². The Labute approximate surface area is 127 Å². The van der Waals surface area contributed by atoms with Gasteiger partial charge in [0.2, 0.25) is 0 Å². The lowest BCUT2D eigenvalue weighted by atomic mass is 10.0. The smallest absolute Gasteiger partial charge is 0.252 e. The summed E-state index contributed by atoms with van der Waals surface area (Å²) in [7, 11) is 0. The van der Waals surface area contributed by atoms with Crippen molar-refractivity contribution in [3.63, 3.8) is 0 Å². The van der Waals surface area contributed by atoms with E-state index in [-0.39, 0.29) is 11.7 Å². The number of pyridine rings is 1. The number of nitrogens with zero attached hydrogens (tertiary/aromatic N) is 1. The first kappa shape index (κ1) is 13.8. The van der Waals surface area contributed by atoms with Crippen LogP contribution in [0.1, 0.15) is 32.8 Å². The van der Waals surface area contributed by atoms with E-state index in [1.807, 2.05) is 18.2 Å². The van der Waals surface area contributed by atoms with Gasteiger partial charge in [0.25, 0.3) is 5.91 Å². The van der Waals surface area contributed by atoms with E-state index in [4.69, 9.17) is 0 Å². The molecule has 4 nitrogen and oxygen atoms in total. The monoisotopic (exact) mass is 298 g/mol. The molecule has 0 saturated heterocycles. The third kappa shape index (κ3) is 2.97. The molecule has 2 heterocycles. The summed E-state index contributed by atoms with van der Waals surface area (Å²) >= 11 is 1.57. The highest BCUT2D eigenvalue weighted by molar-refractivity contribution is 7.99. The molecule has 1 N–H and O–H groups in total. The highest BCUT2D eigenvalue weighted by Gasteiger charge is 2.22. The van der Waals surface area contributed by atoms with Crippen molar-refractivity contribution in [2.24, 2.45) is 0 Å². The van der Waals surface area contributed by atoms with E-state index in [0.29, 0.717) is 24.1 Å². The largest absolute Gasteiger partial charge is 0.346 e. The lowest BCUT2D eigenvalue weighted by Crippen LogP contribution is -2.25. The minimum Gasteiger partial charge on any atom is -0.346 e. The molecule has 5 heteroatoms. The van der Waals surface area contributed by atoms with Gasteiger partial charge in [-0.3, -0.25) is 14.6 Å². The summed E-state index contributed by atoms with van der Waals surface area (Å²) < 4.78 is 0. The Morgan fingerprint density at radius 3 is 2.95 bits per heavy atom. The number of carbonyl (C=O) groups is 2. The number of amides is 1. The van der Waals surface area contributed by atoms with Gasteiger partial charge in [-0.2, -0.15) is 0 Å². The fourth-order valence-corrected chi connectivity index (χ4v) is 3.39. The van der Waals surface area contributed by atoms with Crippen molar-refractivity contribution in [3.8, 4) is 0 Å².